The predicted octanol–water partition coefficient (Wildman–Crippen LogP) is 10.1. The van der Waals surface area contributed by atoms with Gasteiger partial charge in [-0.2, -0.15) is 0 Å². The molecule has 1 rings (SSSR count). The highest BCUT2D eigenvalue weighted by Gasteiger charge is 2.33. The quantitative estimate of drug-likeness (QED) is 0.0944. The average Bonchev–Trinajstić information content (AvgIpc) is 2.88. The van der Waals surface area contributed by atoms with Gasteiger partial charge in [0.1, 0.15) is 0 Å². The van der Waals surface area contributed by atoms with Crippen LogP contribution in [-0.4, -0.2) is 32.6 Å². The molecule has 1 heterocycles. The molecule has 37 heavy (non-hydrogen) atoms. The van der Waals surface area contributed by atoms with Crippen molar-refractivity contribution in [2.45, 2.75) is 168 Å². The number of rotatable bonds is 24. The van der Waals surface area contributed by atoms with Crippen molar-refractivity contribution in [1.29, 1.82) is 0 Å². The number of hydroxylamine groups is 1. The molecule has 1 aliphatic rings. The second-order valence-corrected chi connectivity index (χ2v) is 16.0. The highest BCUT2D eigenvalue weighted by atomic mass is 32.2. The van der Waals surface area contributed by atoms with E-state index >= 15 is 0 Å². The summed E-state index contributed by atoms with van der Waals surface area (Å²) in [5.74, 6) is 1.55. The summed E-state index contributed by atoms with van der Waals surface area (Å²) >= 11 is 1.49. The molecule has 0 aromatic heterocycles. The minimum absolute atomic E-state index is 0.336. The van der Waals surface area contributed by atoms with Crippen molar-refractivity contribution in [1.82, 2.24) is 5.48 Å². The molecular weight excluding hydrogens is 494 g/mol. The van der Waals surface area contributed by atoms with Gasteiger partial charge >= 0.3 is 8.56 Å². The van der Waals surface area contributed by atoms with Gasteiger partial charge in [0, 0.05) is 25.3 Å². The van der Waals surface area contributed by atoms with Gasteiger partial charge in [0.05, 0.1) is 0 Å². The fraction of sp³-hybridized carbons (Fsp3) is 0.968. The Balaban J connectivity index is 1.92. The lowest BCUT2D eigenvalue weighted by atomic mass is 9.97. The monoisotopic (exact) mass is 557 g/mol. The Hall–Kier alpha value is 0.117. The molecule has 220 valence electrons. The molecular formula is C31H63NO3SSi. The molecule has 1 fully saturated rings. The van der Waals surface area contributed by atoms with Crippen LogP contribution in [-0.2, 0) is 13.7 Å². The summed E-state index contributed by atoms with van der Waals surface area (Å²) < 4.78 is 12.3. The molecule has 0 bridgehead atoms. The SMILES string of the molecule is CCCCCCCCCCCCCCCCCCC1CCO[Si](C)(CCCSC(=O)CCCC)ONC1. The van der Waals surface area contributed by atoms with Crippen molar-refractivity contribution in [3.63, 3.8) is 0 Å². The fourth-order valence-electron chi connectivity index (χ4n) is 5.21. The number of carbonyl (C=O) groups is 1. The molecule has 0 aromatic rings. The Morgan fingerprint density at radius 3 is 1.89 bits per heavy atom. The fourth-order valence-corrected chi connectivity index (χ4v) is 8.33. The van der Waals surface area contributed by atoms with E-state index in [1.807, 2.05) is 0 Å². The topological polar surface area (TPSA) is 47.6 Å². The first kappa shape index (κ1) is 35.1. The van der Waals surface area contributed by atoms with Crippen LogP contribution in [0.3, 0.4) is 0 Å². The van der Waals surface area contributed by atoms with Crippen molar-refractivity contribution in [3.8, 4) is 0 Å². The van der Waals surface area contributed by atoms with Gasteiger partial charge < -0.3 is 8.95 Å². The van der Waals surface area contributed by atoms with E-state index in [-0.39, 0.29) is 0 Å². The molecule has 1 saturated heterocycles. The summed E-state index contributed by atoms with van der Waals surface area (Å²) in [7, 11) is -2.16. The Morgan fingerprint density at radius 1 is 0.784 bits per heavy atom. The summed E-state index contributed by atoms with van der Waals surface area (Å²) in [6.45, 7) is 8.38. The lowest BCUT2D eigenvalue weighted by Gasteiger charge is -2.31. The molecule has 0 amide bonds. The predicted molar refractivity (Wildman–Crippen MR) is 165 cm³/mol. The van der Waals surface area contributed by atoms with Crippen molar-refractivity contribution in [2.75, 3.05) is 18.9 Å². The average molecular weight is 558 g/mol. The van der Waals surface area contributed by atoms with Gasteiger partial charge in [-0.3, -0.25) is 4.79 Å². The Morgan fingerprint density at radius 2 is 1.32 bits per heavy atom. The van der Waals surface area contributed by atoms with Gasteiger partial charge in [0.15, 0.2) is 5.12 Å². The largest absolute Gasteiger partial charge is 0.394 e. The lowest BCUT2D eigenvalue weighted by Crippen LogP contribution is -2.47. The van der Waals surface area contributed by atoms with E-state index in [1.54, 1.807) is 0 Å². The summed E-state index contributed by atoms with van der Waals surface area (Å²) in [5.41, 5.74) is 3.27. The van der Waals surface area contributed by atoms with Crippen LogP contribution < -0.4 is 5.48 Å². The van der Waals surface area contributed by atoms with Gasteiger partial charge in [-0.1, -0.05) is 135 Å². The molecule has 0 aliphatic carbocycles. The first-order chi connectivity index (χ1) is 18.1. The number of hydrogen-bond donors (Lipinski definition) is 1. The van der Waals surface area contributed by atoms with E-state index in [1.165, 1.54) is 121 Å². The van der Waals surface area contributed by atoms with Crippen molar-refractivity contribution in [3.05, 3.63) is 0 Å². The number of nitrogens with one attached hydrogen (secondary N) is 1. The first-order valence-electron chi connectivity index (χ1n) is 16.3. The maximum absolute atomic E-state index is 11.8. The number of carbonyl (C=O) groups excluding carboxylic acids is 1. The smallest absolute Gasteiger partial charge is 0.355 e. The molecule has 0 aromatic carbocycles. The van der Waals surface area contributed by atoms with Gasteiger partial charge in [-0.05, 0) is 44.2 Å². The van der Waals surface area contributed by atoms with Crippen LogP contribution in [0.15, 0.2) is 0 Å². The van der Waals surface area contributed by atoms with Gasteiger partial charge in [-0.25, -0.2) is 5.48 Å². The minimum atomic E-state index is -2.16. The zero-order valence-corrected chi connectivity index (χ0v) is 26.9. The highest BCUT2D eigenvalue weighted by Crippen LogP contribution is 2.23. The van der Waals surface area contributed by atoms with Crippen LogP contribution in [0.5, 0.6) is 0 Å². The normalized spacial score (nSPS) is 20.6. The van der Waals surface area contributed by atoms with E-state index in [2.05, 4.69) is 25.9 Å². The molecule has 1 N–H and O–H groups in total. The van der Waals surface area contributed by atoms with Crippen LogP contribution in [0.25, 0.3) is 0 Å². The third-order valence-corrected chi connectivity index (χ3v) is 11.5. The van der Waals surface area contributed by atoms with E-state index in [0.29, 0.717) is 17.5 Å². The van der Waals surface area contributed by atoms with Crippen LogP contribution in [0.2, 0.25) is 12.6 Å². The lowest BCUT2D eigenvalue weighted by molar-refractivity contribution is -0.111. The molecule has 1 aliphatic heterocycles. The van der Waals surface area contributed by atoms with Crippen LogP contribution in [0.1, 0.15) is 155 Å². The number of unbranched alkanes of at least 4 members (excludes halogenated alkanes) is 16. The van der Waals surface area contributed by atoms with E-state index < -0.39 is 8.56 Å². The molecule has 6 heteroatoms. The third-order valence-electron chi connectivity index (χ3n) is 7.83. The zero-order valence-electron chi connectivity index (χ0n) is 25.1. The number of thioether (sulfide) groups is 1. The van der Waals surface area contributed by atoms with E-state index in [4.69, 9.17) is 8.95 Å². The third kappa shape index (κ3) is 21.6. The molecule has 0 spiro atoms. The van der Waals surface area contributed by atoms with Gasteiger partial charge in [-0.15, -0.1) is 0 Å². The standard InChI is InChI=1S/C31H63NO3SSi/c1-4-6-8-9-10-11-12-13-14-15-16-17-18-19-20-21-23-30-25-26-34-37(3,35-32-29-30)28-22-27-36-31(33)24-7-5-2/h30,32H,4-29H2,1-3H3. The summed E-state index contributed by atoms with van der Waals surface area (Å²) in [6, 6.07) is 0.956. The summed E-state index contributed by atoms with van der Waals surface area (Å²) in [5, 5.41) is 0.336. The van der Waals surface area contributed by atoms with Crippen molar-refractivity contribution in [2.24, 2.45) is 5.92 Å². The highest BCUT2D eigenvalue weighted by molar-refractivity contribution is 8.13. The van der Waals surface area contributed by atoms with Gasteiger partial charge in [0.25, 0.3) is 0 Å². The van der Waals surface area contributed by atoms with E-state index in [9.17, 15) is 4.79 Å². The molecule has 0 saturated carbocycles. The summed E-state index contributed by atoms with van der Waals surface area (Å²) in [4.78, 5) is 11.8. The maximum Gasteiger partial charge on any atom is 0.355 e. The zero-order chi connectivity index (χ0) is 26.9. The second kappa shape index (κ2) is 25.1. The molecule has 2 unspecified atom stereocenters. The Kier molecular flexibility index (Phi) is 23.8. The molecule has 2 atom stereocenters. The number of hydrogen-bond acceptors (Lipinski definition) is 5. The second-order valence-electron chi connectivity index (χ2n) is 11.6. The van der Waals surface area contributed by atoms with E-state index in [0.717, 1.165) is 50.6 Å². The van der Waals surface area contributed by atoms with Crippen LogP contribution >= 0.6 is 11.8 Å². The van der Waals surface area contributed by atoms with Crippen LogP contribution in [0.4, 0.5) is 0 Å². The molecule has 0 radical (unpaired) electrons. The Bertz CT molecular complexity index is 513. The van der Waals surface area contributed by atoms with Crippen molar-refractivity contribution < 1.29 is 13.7 Å². The maximum atomic E-state index is 11.8. The molecule has 4 nitrogen and oxygen atoms in total. The summed E-state index contributed by atoms with van der Waals surface area (Å²) in [6.07, 6.45) is 29.0. The van der Waals surface area contributed by atoms with Gasteiger partial charge in [0.2, 0.25) is 0 Å². The Labute approximate surface area is 236 Å². The van der Waals surface area contributed by atoms with Crippen molar-refractivity contribution >= 4 is 25.4 Å². The first-order valence-corrected chi connectivity index (χ1v) is 19.8. The van der Waals surface area contributed by atoms with Crippen LogP contribution in [0, 0.1) is 5.92 Å². The minimum Gasteiger partial charge on any atom is -0.394 e.